The van der Waals surface area contributed by atoms with Crippen LogP contribution >= 0.6 is 0 Å². The maximum atomic E-state index is 12.1. The fourth-order valence-electron chi connectivity index (χ4n) is 2.26. The highest BCUT2D eigenvalue weighted by atomic mass is 16.5. The van der Waals surface area contributed by atoms with Crippen molar-refractivity contribution in [3.05, 3.63) is 24.3 Å². The second-order valence-corrected chi connectivity index (χ2v) is 4.84. The molecule has 1 fully saturated rings. The number of hydrogen-bond donors (Lipinski definition) is 3. The summed E-state index contributed by atoms with van der Waals surface area (Å²) in [4.78, 5) is 22.6. The summed E-state index contributed by atoms with van der Waals surface area (Å²) in [6, 6.07) is 6.90. The predicted octanol–water partition coefficient (Wildman–Crippen LogP) is 1.09. The zero-order valence-electron chi connectivity index (χ0n) is 11.3. The smallest absolute Gasteiger partial charge is 0.341 e. The Morgan fingerprint density at radius 3 is 2.95 bits per heavy atom. The van der Waals surface area contributed by atoms with Gasteiger partial charge in [-0.25, -0.2) is 4.79 Å². The van der Waals surface area contributed by atoms with Gasteiger partial charge >= 0.3 is 5.97 Å². The van der Waals surface area contributed by atoms with Crippen molar-refractivity contribution >= 4 is 17.6 Å². The van der Waals surface area contributed by atoms with Crippen LogP contribution in [0.3, 0.4) is 0 Å². The predicted molar refractivity (Wildman–Crippen MR) is 73.8 cm³/mol. The van der Waals surface area contributed by atoms with Gasteiger partial charge in [-0.15, -0.1) is 0 Å². The van der Waals surface area contributed by atoms with E-state index in [0.29, 0.717) is 11.4 Å². The topological polar surface area (TPSA) is 87.7 Å². The molecule has 0 aliphatic carbocycles. The van der Waals surface area contributed by atoms with Crippen molar-refractivity contribution in [1.82, 2.24) is 5.32 Å². The highest BCUT2D eigenvalue weighted by Crippen LogP contribution is 2.21. The van der Waals surface area contributed by atoms with Crippen LogP contribution in [0, 0.1) is 5.92 Å². The van der Waals surface area contributed by atoms with E-state index in [0.717, 1.165) is 13.0 Å². The summed E-state index contributed by atoms with van der Waals surface area (Å²) in [5, 5.41) is 14.6. The Kier molecular flexibility index (Phi) is 4.57. The monoisotopic (exact) mass is 278 g/mol. The number of carbonyl (C=O) groups excluding carboxylic acids is 1. The lowest BCUT2D eigenvalue weighted by Gasteiger charge is -2.15. The van der Waals surface area contributed by atoms with Crippen LogP contribution in [0.4, 0.5) is 5.69 Å². The van der Waals surface area contributed by atoms with Crippen LogP contribution in [0.15, 0.2) is 24.3 Å². The third-order valence-corrected chi connectivity index (χ3v) is 3.33. The molecule has 1 aliphatic heterocycles. The molecule has 2 unspecified atom stereocenters. The molecule has 0 spiro atoms. The van der Waals surface area contributed by atoms with Crippen molar-refractivity contribution in [2.24, 2.45) is 5.92 Å². The fourth-order valence-corrected chi connectivity index (χ4v) is 2.26. The summed E-state index contributed by atoms with van der Waals surface area (Å²) in [7, 11) is 0. The van der Waals surface area contributed by atoms with Crippen molar-refractivity contribution in [3.63, 3.8) is 0 Å². The third-order valence-electron chi connectivity index (χ3n) is 3.33. The van der Waals surface area contributed by atoms with E-state index in [1.807, 2.05) is 6.92 Å². The number of carbonyl (C=O) groups is 2. The number of amides is 1. The number of ether oxygens (including phenoxy) is 1. The molecule has 1 saturated heterocycles. The van der Waals surface area contributed by atoms with E-state index in [1.165, 1.54) is 0 Å². The molecule has 1 aromatic carbocycles. The number of hydrogen-bond acceptors (Lipinski definition) is 4. The number of benzene rings is 1. The molecule has 0 aromatic heterocycles. The average Bonchev–Trinajstić information content (AvgIpc) is 2.83. The van der Waals surface area contributed by atoms with Gasteiger partial charge in [-0.05, 0) is 32.0 Å². The molecule has 1 aliphatic rings. The van der Waals surface area contributed by atoms with Crippen LogP contribution in [0.2, 0.25) is 0 Å². The van der Waals surface area contributed by atoms with Gasteiger partial charge in [0.2, 0.25) is 5.91 Å². The first-order chi connectivity index (χ1) is 9.56. The maximum absolute atomic E-state index is 12.1. The SMILES string of the molecule is CC1NCCC1C(=O)Nc1cccc(OCC(=O)O)c1. The molecule has 1 amide bonds. The minimum Gasteiger partial charge on any atom is -0.482 e. The van der Waals surface area contributed by atoms with Crippen LogP contribution in [0.5, 0.6) is 5.75 Å². The molecule has 6 nitrogen and oxygen atoms in total. The summed E-state index contributed by atoms with van der Waals surface area (Å²) in [5.41, 5.74) is 0.608. The van der Waals surface area contributed by atoms with Crippen LogP contribution in [0.25, 0.3) is 0 Å². The Hall–Kier alpha value is -2.08. The van der Waals surface area contributed by atoms with Gasteiger partial charge in [0.15, 0.2) is 6.61 Å². The Bertz CT molecular complexity index is 504. The highest BCUT2D eigenvalue weighted by molar-refractivity contribution is 5.93. The van der Waals surface area contributed by atoms with Crippen molar-refractivity contribution in [2.75, 3.05) is 18.5 Å². The minimum absolute atomic E-state index is 0.0297. The van der Waals surface area contributed by atoms with Crippen LogP contribution in [0.1, 0.15) is 13.3 Å². The molecule has 0 saturated carbocycles. The molecule has 20 heavy (non-hydrogen) atoms. The van der Waals surface area contributed by atoms with Gasteiger partial charge in [0.25, 0.3) is 0 Å². The number of carboxylic acids is 1. The van der Waals surface area contributed by atoms with Crippen LogP contribution in [-0.2, 0) is 9.59 Å². The zero-order valence-corrected chi connectivity index (χ0v) is 11.3. The first-order valence-electron chi connectivity index (χ1n) is 6.55. The lowest BCUT2D eigenvalue weighted by molar-refractivity contribution is -0.139. The Labute approximate surface area is 117 Å². The van der Waals surface area contributed by atoms with E-state index >= 15 is 0 Å². The lowest BCUT2D eigenvalue weighted by atomic mass is 10.0. The minimum atomic E-state index is -1.04. The second kappa shape index (κ2) is 6.38. The molecular formula is C14H18N2O4. The van der Waals surface area contributed by atoms with Crippen molar-refractivity contribution in [3.8, 4) is 5.75 Å². The molecule has 6 heteroatoms. The summed E-state index contributed by atoms with van der Waals surface area (Å²) < 4.78 is 5.07. The van der Waals surface area contributed by atoms with Gasteiger partial charge in [-0.3, -0.25) is 4.79 Å². The van der Waals surface area contributed by atoms with Crippen molar-refractivity contribution < 1.29 is 19.4 Å². The van der Waals surface area contributed by atoms with E-state index in [1.54, 1.807) is 24.3 Å². The van der Waals surface area contributed by atoms with Gasteiger partial charge in [-0.1, -0.05) is 6.07 Å². The maximum Gasteiger partial charge on any atom is 0.341 e. The Balaban J connectivity index is 1.96. The van der Waals surface area contributed by atoms with Crippen molar-refractivity contribution in [2.45, 2.75) is 19.4 Å². The van der Waals surface area contributed by atoms with Gasteiger partial charge in [0.1, 0.15) is 5.75 Å². The first kappa shape index (κ1) is 14.3. The van der Waals surface area contributed by atoms with E-state index in [-0.39, 0.29) is 17.9 Å². The molecule has 0 bridgehead atoms. The standard InChI is InChI=1S/C14H18N2O4/c1-9-12(5-6-15-9)14(19)16-10-3-2-4-11(7-10)20-8-13(17)18/h2-4,7,9,12,15H,5-6,8H2,1H3,(H,16,19)(H,17,18). The number of anilines is 1. The van der Waals surface area contributed by atoms with Crippen LogP contribution in [-0.4, -0.2) is 36.2 Å². The summed E-state index contributed by atoms with van der Waals surface area (Å²) in [6.45, 7) is 2.44. The van der Waals surface area contributed by atoms with Crippen LogP contribution < -0.4 is 15.4 Å². The lowest BCUT2D eigenvalue weighted by Crippen LogP contribution is -2.32. The average molecular weight is 278 g/mol. The third kappa shape index (κ3) is 3.71. The summed E-state index contributed by atoms with van der Waals surface area (Å²) in [6.07, 6.45) is 0.822. The van der Waals surface area contributed by atoms with Crippen molar-refractivity contribution in [1.29, 1.82) is 0 Å². The summed E-state index contributed by atoms with van der Waals surface area (Å²) >= 11 is 0. The van der Waals surface area contributed by atoms with Gasteiger partial charge < -0.3 is 20.5 Å². The Morgan fingerprint density at radius 1 is 1.50 bits per heavy atom. The normalized spacial score (nSPS) is 21.4. The molecule has 108 valence electrons. The largest absolute Gasteiger partial charge is 0.482 e. The molecular weight excluding hydrogens is 260 g/mol. The quantitative estimate of drug-likeness (QED) is 0.750. The number of rotatable bonds is 5. The van der Waals surface area contributed by atoms with E-state index in [2.05, 4.69) is 10.6 Å². The molecule has 2 rings (SSSR count). The Morgan fingerprint density at radius 2 is 2.30 bits per heavy atom. The van der Waals surface area contributed by atoms with E-state index < -0.39 is 12.6 Å². The molecule has 0 radical (unpaired) electrons. The van der Waals surface area contributed by atoms with Gasteiger partial charge in [0.05, 0.1) is 5.92 Å². The molecule has 2 atom stereocenters. The zero-order chi connectivity index (χ0) is 14.5. The van der Waals surface area contributed by atoms with Gasteiger partial charge in [0, 0.05) is 17.8 Å². The molecule has 1 heterocycles. The first-order valence-corrected chi connectivity index (χ1v) is 6.55. The fraction of sp³-hybridized carbons (Fsp3) is 0.429. The van der Waals surface area contributed by atoms with Gasteiger partial charge in [-0.2, -0.15) is 0 Å². The number of nitrogens with one attached hydrogen (secondary N) is 2. The highest BCUT2D eigenvalue weighted by Gasteiger charge is 2.29. The van der Waals surface area contributed by atoms with E-state index in [4.69, 9.17) is 9.84 Å². The number of carboxylic acid groups (broad SMARTS) is 1. The molecule has 3 N–H and O–H groups in total. The summed E-state index contributed by atoms with van der Waals surface area (Å²) in [5.74, 6) is -0.690. The van der Waals surface area contributed by atoms with E-state index in [9.17, 15) is 9.59 Å². The second-order valence-electron chi connectivity index (χ2n) is 4.84. The number of aliphatic carboxylic acids is 1. The molecule has 1 aromatic rings.